The van der Waals surface area contributed by atoms with E-state index in [0.29, 0.717) is 5.95 Å². The van der Waals surface area contributed by atoms with Crippen molar-refractivity contribution < 1.29 is 9.47 Å². The topological polar surface area (TPSA) is 84.1 Å². The molecule has 0 radical (unpaired) electrons. The van der Waals surface area contributed by atoms with Gasteiger partial charge in [-0.15, -0.1) is 0 Å². The number of aromatic amines is 1. The highest BCUT2D eigenvalue weighted by Crippen LogP contribution is 2.34. The number of rotatable bonds is 6. The van der Waals surface area contributed by atoms with Gasteiger partial charge >= 0.3 is 0 Å². The molecule has 0 bridgehead atoms. The van der Waals surface area contributed by atoms with Gasteiger partial charge in [0.25, 0.3) is 0 Å². The van der Waals surface area contributed by atoms with Crippen LogP contribution in [0.3, 0.4) is 0 Å². The minimum absolute atomic E-state index is 0.255. The second-order valence-corrected chi connectivity index (χ2v) is 6.49. The number of para-hydroxylation sites is 1. The van der Waals surface area contributed by atoms with E-state index in [1.165, 1.54) is 10.9 Å². The van der Waals surface area contributed by atoms with Crippen molar-refractivity contribution in [3.63, 3.8) is 0 Å². The van der Waals surface area contributed by atoms with Crippen LogP contribution in [-0.2, 0) is 6.42 Å². The second kappa shape index (κ2) is 7.11. The molecule has 0 spiro atoms. The summed E-state index contributed by atoms with van der Waals surface area (Å²) in [6.07, 6.45) is 4.70. The van der Waals surface area contributed by atoms with Gasteiger partial charge in [-0.25, -0.2) is 4.98 Å². The lowest BCUT2D eigenvalue weighted by atomic mass is 10.1. The number of fused-ring (bicyclic) bond motifs is 2. The molecule has 3 N–H and O–H groups in total. The SMILES string of the molecule is c1ccc2c(CCNc3ccnc(Nc4ccc5c(c4)OCO5)n3)c[nH]c2c1. The maximum absolute atomic E-state index is 5.40. The van der Waals surface area contributed by atoms with Gasteiger partial charge in [0.15, 0.2) is 11.5 Å². The molecule has 0 aliphatic carbocycles. The van der Waals surface area contributed by atoms with E-state index in [2.05, 4.69) is 50.0 Å². The molecule has 0 saturated heterocycles. The molecular weight excluding hydrogens is 354 g/mol. The van der Waals surface area contributed by atoms with Crippen molar-refractivity contribution in [2.24, 2.45) is 0 Å². The predicted octanol–water partition coefficient (Wildman–Crippen LogP) is 4.08. The summed E-state index contributed by atoms with van der Waals surface area (Å²) in [5.41, 5.74) is 3.30. The van der Waals surface area contributed by atoms with Crippen LogP contribution in [0.2, 0.25) is 0 Å². The van der Waals surface area contributed by atoms with Crippen LogP contribution < -0.4 is 20.1 Å². The van der Waals surface area contributed by atoms with Gasteiger partial charge in [-0.05, 0) is 36.2 Å². The first-order chi connectivity index (χ1) is 13.8. The molecule has 4 aromatic rings. The number of nitrogens with zero attached hydrogens (tertiary/aromatic N) is 2. The van der Waals surface area contributed by atoms with Gasteiger partial charge in [-0.3, -0.25) is 0 Å². The summed E-state index contributed by atoms with van der Waals surface area (Å²) in [7, 11) is 0. The van der Waals surface area contributed by atoms with Crippen LogP contribution in [0, 0.1) is 0 Å². The number of H-pyrrole nitrogens is 1. The molecule has 5 rings (SSSR count). The molecule has 7 nitrogen and oxygen atoms in total. The summed E-state index contributed by atoms with van der Waals surface area (Å²) in [4.78, 5) is 12.1. The molecule has 7 heteroatoms. The Hall–Kier alpha value is -3.74. The van der Waals surface area contributed by atoms with E-state index >= 15 is 0 Å². The van der Waals surface area contributed by atoms with E-state index in [-0.39, 0.29) is 6.79 Å². The van der Waals surface area contributed by atoms with Gasteiger partial charge in [0.05, 0.1) is 0 Å². The van der Waals surface area contributed by atoms with Gasteiger partial charge in [0.1, 0.15) is 5.82 Å². The van der Waals surface area contributed by atoms with Gasteiger partial charge < -0.3 is 25.1 Å². The maximum atomic E-state index is 5.40. The molecule has 28 heavy (non-hydrogen) atoms. The molecule has 1 aliphatic heterocycles. The third-order valence-electron chi connectivity index (χ3n) is 4.66. The number of aromatic nitrogens is 3. The average molecular weight is 373 g/mol. The molecule has 0 fully saturated rings. The summed E-state index contributed by atoms with van der Waals surface area (Å²) in [5.74, 6) is 2.77. The van der Waals surface area contributed by atoms with Crippen LogP contribution in [0.5, 0.6) is 11.5 Å². The van der Waals surface area contributed by atoms with E-state index in [9.17, 15) is 0 Å². The van der Waals surface area contributed by atoms with Gasteiger partial charge in [0.2, 0.25) is 12.7 Å². The Labute approximate surface area is 161 Å². The second-order valence-electron chi connectivity index (χ2n) is 6.49. The Bertz CT molecular complexity index is 1120. The molecule has 3 heterocycles. The highest BCUT2D eigenvalue weighted by Gasteiger charge is 2.13. The van der Waals surface area contributed by atoms with Crippen LogP contribution in [0.25, 0.3) is 10.9 Å². The minimum atomic E-state index is 0.255. The lowest BCUT2D eigenvalue weighted by Gasteiger charge is -2.09. The van der Waals surface area contributed by atoms with E-state index in [1.54, 1.807) is 6.20 Å². The van der Waals surface area contributed by atoms with E-state index in [4.69, 9.17) is 9.47 Å². The molecule has 0 amide bonds. The van der Waals surface area contributed by atoms with Crippen LogP contribution in [0.4, 0.5) is 17.5 Å². The fourth-order valence-electron chi connectivity index (χ4n) is 3.28. The molecular formula is C21H19N5O2. The summed E-state index contributed by atoms with van der Waals surface area (Å²) in [5, 5.41) is 7.83. The number of hydrogen-bond donors (Lipinski definition) is 3. The van der Waals surface area contributed by atoms with Gasteiger partial charge in [-0.1, -0.05) is 18.2 Å². The lowest BCUT2D eigenvalue weighted by Crippen LogP contribution is -2.07. The fraction of sp³-hybridized carbons (Fsp3) is 0.143. The Morgan fingerprint density at radius 2 is 1.96 bits per heavy atom. The summed E-state index contributed by atoms with van der Waals surface area (Å²) in [6.45, 7) is 1.04. The Morgan fingerprint density at radius 3 is 2.96 bits per heavy atom. The lowest BCUT2D eigenvalue weighted by molar-refractivity contribution is 0.174. The first kappa shape index (κ1) is 16.4. The number of nitrogens with one attached hydrogen (secondary N) is 3. The first-order valence-corrected chi connectivity index (χ1v) is 9.14. The smallest absolute Gasteiger partial charge is 0.231 e. The summed E-state index contributed by atoms with van der Waals surface area (Å²) < 4.78 is 10.7. The Kier molecular flexibility index (Phi) is 4.17. The van der Waals surface area contributed by atoms with Crippen molar-refractivity contribution in [3.05, 3.63) is 66.5 Å². The molecule has 140 valence electrons. The zero-order valence-corrected chi connectivity index (χ0v) is 15.1. The zero-order valence-electron chi connectivity index (χ0n) is 15.1. The van der Waals surface area contributed by atoms with Crippen molar-refractivity contribution in [3.8, 4) is 11.5 Å². The highest BCUT2D eigenvalue weighted by molar-refractivity contribution is 5.83. The number of benzene rings is 2. The monoisotopic (exact) mass is 373 g/mol. The number of hydrogen-bond acceptors (Lipinski definition) is 6. The third kappa shape index (κ3) is 3.29. The van der Waals surface area contributed by atoms with Crippen molar-refractivity contribution in [2.75, 3.05) is 24.0 Å². The zero-order chi connectivity index (χ0) is 18.8. The Balaban J connectivity index is 1.23. The van der Waals surface area contributed by atoms with Crippen LogP contribution in [0.15, 0.2) is 60.9 Å². The minimum Gasteiger partial charge on any atom is -0.454 e. The standard InChI is InChI=1S/C21H19N5O2/c1-2-4-17-16(3-1)14(12-24-17)7-9-22-20-8-10-23-21(26-20)25-15-5-6-18-19(11-15)28-13-27-18/h1-6,8,10-12,24H,7,9,13H2,(H2,22,23,25,26). The fourth-order valence-corrected chi connectivity index (χ4v) is 3.28. The van der Waals surface area contributed by atoms with Crippen molar-refractivity contribution >= 4 is 28.4 Å². The third-order valence-corrected chi connectivity index (χ3v) is 4.66. The quantitative estimate of drug-likeness (QED) is 0.472. The van der Waals surface area contributed by atoms with Crippen molar-refractivity contribution in [1.82, 2.24) is 15.0 Å². The number of ether oxygens (including phenoxy) is 2. The summed E-state index contributed by atoms with van der Waals surface area (Å²) in [6, 6.07) is 15.8. The van der Waals surface area contributed by atoms with Crippen molar-refractivity contribution in [2.45, 2.75) is 6.42 Å². The van der Waals surface area contributed by atoms with Gasteiger partial charge in [-0.2, -0.15) is 4.98 Å². The normalized spacial score (nSPS) is 12.3. The molecule has 2 aromatic heterocycles. The van der Waals surface area contributed by atoms with Gasteiger partial charge in [0, 0.05) is 41.6 Å². The average Bonchev–Trinajstić information content (AvgIpc) is 3.35. The Morgan fingerprint density at radius 1 is 1.04 bits per heavy atom. The highest BCUT2D eigenvalue weighted by atomic mass is 16.7. The van der Waals surface area contributed by atoms with E-state index < -0.39 is 0 Å². The molecule has 0 atom stereocenters. The predicted molar refractivity (Wildman–Crippen MR) is 108 cm³/mol. The van der Waals surface area contributed by atoms with Crippen molar-refractivity contribution in [1.29, 1.82) is 0 Å². The largest absolute Gasteiger partial charge is 0.454 e. The van der Waals surface area contributed by atoms with Crippen LogP contribution in [-0.4, -0.2) is 28.3 Å². The summed E-state index contributed by atoms with van der Waals surface area (Å²) >= 11 is 0. The molecule has 2 aromatic carbocycles. The number of anilines is 3. The van der Waals surface area contributed by atoms with E-state index in [1.807, 2.05) is 30.3 Å². The first-order valence-electron chi connectivity index (χ1n) is 9.14. The van der Waals surface area contributed by atoms with Crippen LogP contribution in [0.1, 0.15) is 5.56 Å². The van der Waals surface area contributed by atoms with E-state index in [0.717, 1.165) is 41.5 Å². The molecule has 0 unspecified atom stereocenters. The molecule has 1 aliphatic rings. The maximum Gasteiger partial charge on any atom is 0.231 e. The van der Waals surface area contributed by atoms with Crippen LogP contribution >= 0.6 is 0 Å². The molecule has 0 saturated carbocycles.